The Morgan fingerprint density at radius 2 is 1.89 bits per heavy atom. The molecule has 0 saturated carbocycles. The Bertz CT molecular complexity index is 652. The number of aliphatic carboxylic acids is 1. The van der Waals surface area contributed by atoms with E-state index >= 15 is 0 Å². The SMILES string of the molecule is Cn1c(=O)n(C)c2cc(CCCC(=O)[O-])ccc21. The molecule has 0 atom stereocenters. The van der Waals surface area contributed by atoms with Crippen LogP contribution in [-0.2, 0) is 25.3 Å². The number of hydrogen-bond acceptors (Lipinski definition) is 3. The summed E-state index contributed by atoms with van der Waals surface area (Å²) in [6.07, 6.45) is 1.29. The van der Waals surface area contributed by atoms with Gasteiger partial charge in [-0.25, -0.2) is 4.79 Å². The Kier molecular flexibility index (Phi) is 3.23. The van der Waals surface area contributed by atoms with Gasteiger partial charge in [0.25, 0.3) is 0 Å². The summed E-state index contributed by atoms with van der Waals surface area (Å²) in [5.41, 5.74) is 2.72. The van der Waals surface area contributed by atoms with E-state index in [1.165, 1.54) is 0 Å². The first-order valence-electron chi connectivity index (χ1n) is 5.85. The maximum Gasteiger partial charge on any atom is 0.328 e. The molecule has 0 spiro atoms. The molecule has 2 aromatic rings. The molecule has 0 fully saturated rings. The van der Waals surface area contributed by atoms with Gasteiger partial charge in [0.05, 0.1) is 11.0 Å². The molecular weight excluding hydrogens is 232 g/mol. The largest absolute Gasteiger partial charge is 0.550 e. The lowest BCUT2D eigenvalue weighted by Crippen LogP contribution is -2.21. The predicted molar refractivity (Wildman–Crippen MR) is 66.1 cm³/mol. The number of carbonyl (C=O) groups excluding carboxylic acids is 1. The lowest BCUT2D eigenvalue weighted by molar-refractivity contribution is -0.305. The van der Waals surface area contributed by atoms with E-state index in [2.05, 4.69) is 0 Å². The first kappa shape index (κ1) is 12.4. The van der Waals surface area contributed by atoms with Crippen LogP contribution in [0.25, 0.3) is 11.0 Å². The van der Waals surface area contributed by atoms with E-state index in [0.717, 1.165) is 16.6 Å². The average Bonchev–Trinajstić information content (AvgIpc) is 2.54. The van der Waals surface area contributed by atoms with Crippen LogP contribution in [0, 0.1) is 0 Å². The Morgan fingerprint density at radius 3 is 2.56 bits per heavy atom. The fourth-order valence-electron chi connectivity index (χ4n) is 2.14. The van der Waals surface area contributed by atoms with Gasteiger partial charge in [-0.1, -0.05) is 6.07 Å². The maximum atomic E-state index is 11.7. The van der Waals surface area contributed by atoms with Gasteiger partial charge < -0.3 is 9.90 Å². The number of nitrogens with zero attached hydrogens (tertiary/aromatic N) is 2. The highest BCUT2D eigenvalue weighted by Gasteiger charge is 2.07. The Morgan fingerprint density at radius 1 is 1.22 bits per heavy atom. The number of rotatable bonds is 4. The van der Waals surface area contributed by atoms with Crippen LogP contribution in [0.15, 0.2) is 23.0 Å². The molecule has 18 heavy (non-hydrogen) atoms. The van der Waals surface area contributed by atoms with E-state index in [4.69, 9.17) is 0 Å². The summed E-state index contributed by atoms with van der Waals surface area (Å²) >= 11 is 0. The van der Waals surface area contributed by atoms with E-state index in [1.54, 1.807) is 23.2 Å². The first-order valence-corrected chi connectivity index (χ1v) is 5.85. The average molecular weight is 247 g/mol. The van der Waals surface area contributed by atoms with Gasteiger partial charge in [-0.05, 0) is 37.0 Å². The van der Waals surface area contributed by atoms with Crippen molar-refractivity contribution in [3.05, 3.63) is 34.2 Å². The van der Waals surface area contributed by atoms with Crippen LogP contribution in [0.2, 0.25) is 0 Å². The van der Waals surface area contributed by atoms with Crippen LogP contribution in [-0.4, -0.2) is 15.1 Å². The highest BCUT2D eigenvalue weighted by Crippen LogP contribution is 2.15. The number of carboxylic acids is 1. The normalized spacial score (nSPS) is 11.0. The summed E-state index contributed by atoms with van der Waals surface area (Å²) in [5.74, 6) is -1.02. The number of carbonyl (C=O) groups is 1. The summed E-state index contributed by atoms with van der Waals surface area (Å²) in [5, 5.41) is 10.3. The molecule has 0 N–H and O–H groups in total. The van der Waals surface area contributed by atoms with Gasteiger partial charge >= 0.3 is 5.69 Å². The predicted octanol–water partition coefficient (Wildman–Crippen LogP) is -0.0504. The van der Waals surface area contributed by atoms with E-state index in [-0.39, 0.29) is 12.1 Å². The standard InChI is InChI=1S/C13H16N2O3/c1-14-10-7-6-9(4-3-5-12(16)17)8-11(10)15(2)13(14)18/h6-8H,3-5H2,1-2H3,(H,16,17)/p-1. The molecule has 0 radical (unpaired) electrons. The zero-order chi connectivity index (χ0) is 13.3. The van der Waals surface area contributed by atoms with Crippen molar-refractivity contribution in [1.82, 2.24) is 9.13 Å². The van der Waals surface area contributed by atoms with Crippen LogP contribution in [0.1, 0.15) is 18.4 Å². The van der Waals surface area contributed by atoms with E-state index in [9.17, 15) is 14.7 Å². The second-order valence-electron chi connectivity index (χ2n) is 4.45. The summed E-state index contributed by atoms with van der Waals surface area (Å²) < 4.78 is 3.19. The first-order chi connectivity index (χ1) is 8.50. The molecule has 5 nitrogen and oxygen atoms in total. The molecule has 0 bridgehead atoms. The number of hydrogen-bond donors (Lipinski definition) is 0. The van der Waals surface area contributed by atoms with Gasteiger partial charge in [-0.3, -0.25) is 9.13 Å². The Hall–Kier alpha value is -2.04. The van der Waals surface area contributed by atoms with Crippen molar-refractivity contribution >= 4 is 17.0 Å². The molecule has 2 rings (SSSR count). The van der Waals surface area contributed by atoms with E-state index in [0.29, 0.717) is 12.8 Å². The van der Waals surface area contributed by atoms with Gasteiger partial charge in [0.2, 0.25) is 0 Å². The fraction of sp³-hybridized carbons (Fsp3) is 0.385. The molecule has 1 aromatic heterocycles. The maximum absolute atomic E-state index is 11.7. The second kappa shape index (κ2) is 4.68. The van der Waals surface area contributed by atoms with Crippen LogP contribution in [0.3, 0.4) is 0 Å². The smallest absolute Gasteiger partial charge is 0.328 e. The molecule has 5 heteroatoms. The number of carboxylic acid groups (broad SMARTS) is 1. The van der Waals surface area contributed by atoms with Crippen molar-refractivity contribution in [1.29, 1.82) is 0 Å². The van der Waals surface area contributed by atoms with Crippen molar-refractivity contribution in [2.75, 3.05) is 0 Å². The van der Waals surface area contributed by atoms with Crippen LogP contribution < -0.4 is 10.8 Å². The highest BCUT2D eigenvalue weighted by molar-refractivity contribution is 5.76. The summed E-state index contributed by atoms with van der Waals surface area (Å²) in [4.78, 5) is 22.1. The summed E-state index contributed by atoms with van der Waals surface area (Å²) in [6, 6.07) is 5.76. The monoisotopic (exact) mass is 247 g/mol. The second-order valence-corrected chi connectivity index (χ2v) is 4.45. The minimum absolute atomic E-state index is 0.0584. The van der Waals surface area contributed by atoms with Crippen molar-refractivity contribution < 1.29 is 9.90 Å². The fourth-order valence-corrected chi connectivity index (χ4v) is 2.14. The topological polar surface area (TPSA) is 67.1 Å². The number of aryl methyl sites for hydroxylation is 3. The van der Waals surface area contributed by atoms with Crippen LogP contribution in [0.5, 0.6) is 0 Å². The molecule has 1 aromatic carbocycles. The molecule has 96 valence electrons. The Labute approximate surface area is 104 Å². The van der Waals surface area contributed by atoms with Gasteiger partial charge in [0, 0.05) is 20.1 Å². The highest BCUT2D eigenvalue weighted by atomic mass is 16.4. The number of aromatic nitrogens is 2. The minimum Gasteiger partial charge on any atom is -0.550 e. The van der Waals surface area contributed by atoms with Gasteiger partial charge in [0.15, 0.2) is 0 Å². The van der Waals surface area contributed by atoms with Crippen LogP contribution in [0.4, 0.5) is 0 Å². The van der Waals surface area contributed by atoms with Crippen molar-refractivity contribution in [3.8, 4) is 0 Å². The van der Waals surface area contributed by atoms with Crippen molar-refractivity contribution in [2.24, 2.45) is 14.1 Å². The van der Waals surface area contributed by atoms with Gasteiger partial charge in [-0.15, -0.1) is 0 Å². The summed E-state index contributed by atoms with van der Waals surface area (Å²) in [6.45, 7) is 0. The molecule has 0 saturated heterocycles. The molecule has 0 aliphatic rings. The molecule has 1 heterocycles. The van der Waals surface area contributed by atoms with Gasteiger partial charge in [-0.2, -0.15) is 0 Å². The molecule has 0 unspecified atom stereocenters. The third-order valence-electron chi connectivity index (χ3n) is 3.18. The minimum atomic E-state index is -1.02. The van der Waals surface area contributed by atoms with Crippen molar-refractivity contribution in [2.45, 2.75) is 19.3 Å². The summed E-state index contributed by atoms with van der Waals surface area (Å²) in [7, 11) is 3.47. The van der Waals surface area contributed by atoms with Crippen LogP contribution >= 0.6 is 0 Å². The molecule has 0 aliphatic heterocycles. The zero-order valence-electron chi connectivity index (χ0n) is 10.5. The quantitative estimate of drug-likeness (QED) is 0.760. The lowest BCUT2D eigenvalue weighted by Gasteiger charge is -2.03. The lowest BCUT2D eigenvalue weighted by atomic mass is 10.1. The number of benzene rings is 1. The zero-order valence-corrected chi connectivity index (χ0v) is 10.5. The van der Waals surface area contributed by atoms with E-state index < -0.39 is 5.97 Å². The Balaban J connectivity index is 2.30. The molecule has 0 amide bonds. The molecule has 0 aliphatic carbocycles. The molecular formula is C13H15N2O3-. The third-order valence-corrected chi connectivity index (χ3v) is 3.18. The number of imidazole rings is 1. The van der Waals surface area contributed by atoms with E-state index in [1.807, 2.05) is 18.2 Å². The number of fused-ring (bicyclic) bond motifs is 1. The van der Waals surface area contributed by atoms with Gasteiger partial charge in [0.1, 0.15) is 0 Å². The third kappa shape index (κ3) is 2.16. The van der Waals surface area contributed by atoms with Crippen molar-refractivity contribution in [3.63, 3.8) is 0 Å².